The van der Waals surface area contributed by atoms with Gasteiger partial charge in [0.15, 0.2) is 0 Å². The summed E-state index contributed by atoms with van der Waals surface area (Å²) in [6.45, 7) is 4.40. The molecule has 3 atom stereocenters. The summed E-state index contributed by atoms with van der Waals surface area (Å²) >= 11 is 2.12. The SMILES string of the molecule is CC1CCCC(SCCCC(C)(N)CO)C1. The van der Waals surface area contributed by atoms with Gasteiger partial charge in [-0.05, 0) is 44.3 Å². The highest BCUT2D eigenvalue weighted by molar-refractivity contribution is 7.99. The second-order valence-electron chi connectivity index (χ2n) is 5.68. The first kappa shape index (κ1) is 14.3. The zero-order valence-corrected chi connectivity index (χ0v) is 11.6. The van der Waals surface area contributed by atoms with Crippen LogP contribution in [0.5, 0.6) is 0 Å². The van der Waals surface area contributed by atoms with Crippen LogP contribution in [0, 0.1) is 5.92 Å². The molecule has 3 N–H and O–H groups in total. The molecular formula is C13H27NOS. The van der Waals surface area contributed by atoms with E-state index in [4.69, 9.17) is 10.8 Å². The molecule has 96 valence electrons. The molecule has 1 saturated carbocycles. The van der Waals surface area contributed by atoms with E-state index in [0.717, 1.165) is 24.0 Å². The molecule has 1 fully saturated rings. The average Bonchev–Trinajstić information content (AvgIpc) is 2.25. The summed E-state index contributed by atoms with van der Waals surface area (Å²) in [7, 11) is 0. The van der Waals surface area contributed by atoms with Crippen LogP contribution in [0.4, 0.5) is 0 Å². The number of aliphatic hydroxyl groups is 1. The van der Waals surface area contributed by atoms with E-state index in [1.807, 2.05) is 6.92 Å². The van der Waals surface area contributed by atoms with E-state index >= 15 is 0 Å². The molecule has 2 nitrogen and oxygen atoms in total. The summed E-state index contributed by atoms with van der Waals surface area (Å²) < 4.78 is 0. The fraction of sp³-hybridized carbons (Fsp3) is 1.00. The average molecular weight is 245 g/mol. The van der Waals surface area contributed by atoms with E-state index in [0.29, 0.717) is 0 Å². The molecule has 3 unspecified atom stereocenters. The van der Waals surface area contributed by atoms with Crippen LogP contribution in [-0.4, -0.2) is 28.3 Å². The van der Waals surface area contributed by atoms with Gasteiger partial charge < -0.3 is 10.8 Å². The van der Waals surface area contributed by atoms with Crippen LogP contribution in [0.25, 0.3) is 0 Å². The predicted octanol–water partition coefficient (Wildman–Crippen LogP) is 2.79. The fourth-order valence-electron chi connectivity index (χ4n) is 2.33. The van der Waals surface area contributed by atoms with Crippen molar-refractivity contribution in [1.29, 1.82) is 0 Å². The van der Waals surface area contributed by atoms with Crippen molar-refractivity contribution in [2.45, 2.75) is 63.2 Å². The van der Waals surface area contributed by atoms with Crippen molar-refractivity contribution in [1.82, 2.24) is 0 Å². The Balaban J connectivity index is 2.06. The van der Waals surface area contributed by atoms with Gasteiger partial charge in [-0.1, -0.05) is 19.8 Å². The largest absolute Gasteiger partial charge is 0.394 e. The molecule has 1 aliphatic carbocycles. The van der Waals surface area contributed by atoms with E-state index in [9.17, 15) is 0 Å². The van der Waals surface area contributed by atoms with Crippen molar-refractivity contribution in [2.75, 3.05) is 12.4 Å². The number of hydrogen-bond acceptors (Lipinski definition) is 3. The molecule has 0 aliphatic heterocycles. The molecule has 0 saturated heterocycles. The maximum Gasteiger partial charge on any atom is 0.0608 e. The first-order valence-electron chi connectivity index (χ1n) is 6.55. The van der Waals surface area contributed by atoms with Gasteiger partial charge in [0.05, 0.1) is 6.61 Å². The molecule has 0 aromatic carbocycles. The molecule has 0 bridgehead atoms. The highest BCUT2D eigenvalue weighted by Gasteiger charge is 2.20. The first-order chi connectivity index (χ1) is 7.53. The number of thioether (sulfide) groups is 1. The third-order valence-corrected chi connectivity index (χ3v) is 4.92. The Morgan fingerprint density at radius 3 is 2.81 bits per heavy atom. The van der Waals surface area contributed by atoms with Gasteiger partial charge in [0.25, 0.3) is 0 Å². The lowest BCUT2D eigenvalue weighted by Gasteiger charge is -2.27. The van der Waals surface area contributed by atoms with E-state index in [1.165, 1.54) is 31.4 Å². The standard InChI is InChI=1S/C13H27NOS/c1-11-5-3-6-12(9-11)16-8-4-7-13(2,14)10-15/h11-12,15H,3-10,14H2,1-2H3. The molecule has 0 amide bonds. The monoisotopic (exact) mass is 245 g/mol. The Bertz CT molecular complexity index is 196. The summed E-state index contributed by atoms with van der Waals surface area (Å²) in [5, 5.41) is 9.92. The smallest absolute Gasteiger partial charge is 0.0608 e. The molecule has 16 heavy (non-hydrogen) atoms. The molecular weight excluding hydrogens is 218 g/mol. The van der Waals surface area contributed by atoms with Gasteiger partial charge in [-0.3, -0.25) is 0 Å². The van der Waals surface area contributed by atoms with Crippen molar-refractivity contribution < 1.29 is 5.11 Å². The van der Waals surface area contributed by atoms with Crippen molar-refractivity contribution in [2.24, 2.45) is 11.7 Å². The van der Waals surface area contributed by atoms with Crippen LogP contribution in [0.2, 0.25) is 0 Å². The van der Waals surface area contributed by atoms with Crippen LogP contribution >= 0.6 is 11.8 Å². The van der Waals surface area contributed by atoms with E-state index in [2.05, 4.69) is 18.7 Å². The quantitative estimate of drug-likeness (QED) is 0.707. The summed E-state index contributed by atoms with van der Waals surface area (Å²) in [4.78, 5) is 0. The van der Waals surface area contributed by atoms with Gasteiger partial charge >= 0.3 is 0 Å². The molecule has 1 aliphatic rings. The van der Waals surface area contributed by atoms with Gasteiger partial charge in [0.1, 0.15) is 0 Å². The zero-order chi connectivity index (χ0) is 12.0. The van der Waals surface area contributed by atoms with Crippen molar-refractivity contribution in [3.63, 3.8) is 0 Å². The van der Waals surface area contributed by atoms with Gasteiger partial charge in [0.2, 0.25) is 0 Å². The maximum atomic E-state index is 9.05. The highest BCUT2D eigenvalue weighted by Crippen LogP contribution is 2.32. The molecule has 0 aromatic heterocycles. The highest BCUT2D eigenvalue weighted by atomic mass is 32.2. The summed E-state index contributed by atoms with van der Waals surface area (Å²) in [5.41, 5.74) is 5.52. The van der Waals surface area contributed by atoms with Gasteiger partial charge in [0, 0.05) is 10.8 Å². The number of rotatable bonds is 6. The Kier molecular flexibility index (Phi) is 6.16. The second-order valence-corrected chi connectivity index (χ2v) is 7.09. The molecule has 1 rings (SSSR count). The van der Waals surface area contributed by atoms with Gasteiger partial charge in [-0.2, -0.15) is 11.8 Å². The third kappa shape index (κ3) is 5.55. The van der Waals surface area contributed by atoms with E-state index < -0.39 is 0 Å². The Morgan fingerprint density at radius 2 is 2.19 bits per heavy atom. The fourth-order valence-corrected chi connectivity index (χ4v) is 3.78. The lowest BCUT2D eigenvalue weighted by molar-refractivity contribution is 0.200. The summed E-state index contributed by atoms with van der Waals surface area (Å²) in [6, 6.07) is 0. The number of nitrogens with two attached hydrogens (primary N) is 1. The topological polar surface area (TPSA) is 46.2 Å². The minimum absolute atomic E-state index is 0.0954. The van der Waals surface area contributed by atoms with E-state index in [-0.39, 0.29) is 12.1 Å². The molecule has 0 heterocycles. The summed E-state index contributed by atoms with van der Waals surface area (Å²) in [5.74, 6) is 2.12. The van der Waals surface area contributed by atoms with Crippen LogP contribution < -0.4 is 5.73 Å². The summed E-state index contributed by atoms with van der Waals surface area (Å²) in [6.07, 6.45) is 7.67. The lowest BCUT2D eigenvalue weighted by atomic mass is 9.91. The Labute approximate surface area is 104 Å². The zero-order valence-electron chi connectivity index (χ0n) is 10.7. The normalized spacial score (nSPS) is 30.0. The second kappa shape index (κ2) is 6.87. The van der Waals surface area contributed by atoms with Crippen LogP contribution in [0.1, 0.15) is 52.4 Å². The maximum absolute atomic E-state index is 9.05. The van der Waals surface area contributed by atoms with Gasteiger partial charge in [-0.15, -0.1) is 0 Å². The van der Waals surface area contributed by atoms with Crippen LogP contribution in [0.15, 0.2) is 0 Å². The van der Waals surface area contributed by atoms with Crippen LogP contribution in [0.3, 0.4) is 0 Å². The number of aliphatic hydroxyl groups excluding tert-OH is 1. The number of hydrogen-bond donors (Lipinski definition) is 2. The van der Waals surface area contributed by atoms with E-state index in [1.54, 1.807) is 0 Å². The molecule has 0 radical (unpaired) electrons. The first-order valence-corrected chi connectivity index (χ1v) is 7.60. The van der Waals surface area contributed by atoms with Gasteiger partial charge in [-0.25, -0.2) is 0 Å². The van der Waals surface area contributed by atoms with Crippen LogP contribution in [-0.2, 0) is 0 Å². The van der Waals surface area contributed by atoms with Crippen molar-refractivity contribution >= 4 is 11.8 Å². The molecule has 3 heteroatoms. The van der Waals surface area contributed by atoms with Crippen molar-refractivity contribution in [3.8, 4) is 0 Å². The van der Waals surface area contributed by atoms with Crippen molar-refractivity contribution in [3.05, 3.63) is 0 Å². The third-order valence-electron chi connectivity index (χ3n) is 3.50. The Hall–Kier alpha value is 0.270. The minimum atomic E-state index is -0.375. The minimum Gasteiger partial charge on any atom is -0.394 e. The lowest BCUT2D eigenvalue weighted by Crippen LogP contribution is -2.40. The Morgan fingerprint density at radius 1 is 1.44 bits per heavy atom. The molecule has 0 aromatic rings. The predicted molar refractivity (Wildman–Crippen MR) is 72.8 cm³/mol. The molecule has 0 spiro atoms.